The average Bonchev–Trinajstić information content (AvgIpc) is 2.16. The number of non-ortho nitro benzene ring substituents is 1. The minimum atomic E-state index is -0.601. The topological polar surface area (TPSA) is 115 Å². The van der Waals surface area contributed by atoms with Gasteiger partial charge in [-0.15, -0.1) is 0 Å². The Hall–Kier alpha value is -1.66. The summed E-state index contributed by atoms with van der Waals surface area (Å²) >= 11 is 0. The molecule has 0 radical (unpaired) electrons. The van der Waals surface area contributed by atoms with Crippen molar-refractivity contribution in [3.05, 3.63) is 33.9 Å². The van der Waals surface area contributed by atoms with Gasteiger partial charge in [-0.3, -0.25) is 10.1 Å². The lowest BCUT2D eigenvalue weighted by atomic mass is 10.1. The maximum absolute atomic E-state index is 10.4. The molecule has 14 heavy (non-hydrogen) atoms. The summed E-state index contributed by atoms with van der Waals surface area (Å²) in [6.07, 6.45) is 0. The highest BCUT2D eigenvalue weighted by atomic mass is 16.6. The van der Waals surface area contributed by atoms with Gasteiger partial charge in [-0.25, -0.2) is 0 Å². The van der Waals surface area contributed by atoms with E-state index in [9.17, 15) is 10.1 Å². The Morgan fingerprint density at radius 3 is 2.64 bits per heavy atom. The normalized spacial score (nSPS) is 12.4. The summed E-state index contributed by atoms with van der Waals surface area (Å²) in [4.78, 5) is 9.84. The Morgan fingerprint density at radius 1 is 1.57 bits per heavy atom. The first kappa shape index (κ1) is 10.4. The summed E-state index contributed by atoms with van der Waals surface area (Å²) in [7, 11) is 0. The summed E-state index contributed by atoms with van der Waals surface area (Å²) in [5, 5.41) is 19.1. The maximum atomic E-state index is 10.4. The SMILES string of the molecule is Nc1cc([N+](=O)[O-])ccc1C(N)CO. The largest absolute Gasteiger partial charge is 0.398 e. The molecule has 0 amide bonds. The molecule has 1 aromatic rings. The van der Waals surface area contributed by atoms with Crippen molar-refractivity contribution in [2.45, 2.75) is 6.04 Å². The van der Waals surface area contributed by atoms with E-state index in [-0.39, 0.29) is 18.0 Å². The van der Waals surface area contributed by atoms with Crippen LogP contribution in [0.1, 0.15) is 11.6 Å². The van der Waals surface area contributed by atoms with Crippen LogP contribution in [0.4, 0.5) is 11.4 Å². The number of aliphatic hydroxyl groups is 1. The van der Waals surface area contributed by atoms with Gasteiger partial charge >= 0.3 is 0 Å². The standard InChI is InChI=1S/C8H11N3O3/c9-7-3-5(11(13)14)1-2-6(7)8(10)4-12/h1-3,8,12H,4,9-10H2. The van der Waals surface area contributed by atoms with Crippen LogP contribution in [0, 0.1) is 10.1 Å². The summed E-state index contributed by atoms with van der Waals surface area (Å²) in [5.41, 5.74) is 11.7. The van der Waals surface area contributed by atoms with E-state index in [1.54, 1.807) is 0 Å². The molecule has 0 fully saturated rings. The number of rotatable bonds is 3. The van der Waals surface area contributed by atoms with Gasteiger partial charge in [0.05, 0.1) is 17.6 Å². The second kappa shape index (κ2) is 4.03. The van der Waals surface area contributed by atoms with Crippen LogP contribution in [-0.4, -0.2) is 16.6 Å². The zero-order valence-electron chi connectivity index (χ0n) is 7.38. The number of hydrogen-bond donors (Lipinski definition) is 3. The number of nitrogens with zero attached hydrogens (tertiary/aromatic N) is 1. The third-order valence-corrected chi connectivity index (χ3v) is 1.88. The highest BCUT2D eigenvalue weighted by molar-refractivity contribution is 5.55. The minimum absolute atomic E-state index is 0.0867. The molecule has 0 saturated carbocycles. The number of nitro groups is 1. The van der Waals surface area contributed by atoms with Gasteiger partial charge in [-0.2, -0.15) is 0 Å². The fraction of sp³-hybridized carbons (Fsp3) is 0.250. The van der Waals surface area contributed by atoms with Crippen LogP contribution in [0.2, 0.25) is 0 Å². The molecular formula is C8H11N3O3. The van der Waals surface area contributed by atoms with E-state index in [1.807, 2.05) is 0 Å². The van der Waals surface area contributed by atoms with Crippen molar-refractivity contribution in [3.63, 3.8) is 0 Å². The first-order valence-corrected chi connectivity index (χ1v) is 3.96. The van der Waals surface area contributed by atoms with Gasteiger partial charge in [-0.05, 0) is 11.6 Å². The monoisotopic (exact) mass is 197 g/mol. The van der Waals surface area contributed by atoms with E-state index in [0.717, 1.165) is 0 Å². The van der Waals surface area contributed by atoms with Crippen molar-refractivity contribution in [1.82, 2.24) is 0 Å². The zero-order chi connectivity index (χ0) is 10.7. The Labute approximate surface area is 80.3 Å². The molecule has 0 saturated heterocycles. The predicted molar refractivity (Wildman–Crippen MR) is 51.5 cm³/mol. The molecule has 0 aromatic heterocycles. The number of aliphatic hydroxyl groups excluding tert-OH is 1. The molecule has 1 atom stereocenters. The van der Waals surface area contributed by atoms with Crippen LogP contribution in [0.15, 0.2) is 18.2 Å². The quantitative estimate of drug-likeness (QED) is 0.363. The molecule has 1 unspecified atom stereocenters. The van der Waals surface area contributed by atoms with Crippen LogP contribution in [0.25, 0.3) is 0 Å². The first-order valence-electron chi connectivity index (χ1n) is 3.96. The van der Waals surface area contributed by atoms with Gasteiger partial charge in [0.1, 0.15) is 0 Å². The van der Waals surface area contributed by atoms with Gasteiger partial charge in [-0.1, -0.05) is 0 Å². The number of benzene rings is 1. The van der Waals surface area contributed by atoms with Gasteiger partial charge < -0.3 is 16.6 Å². The zero-order valence-corrected chi connectivity index (χ0v) is 7.38. The van der Waals surface area contributed by atoms with Crippen LogP contribution in [-0.2, 0) is 0 Å². The molecule has 6 heteroatoms. The molecule has 0 aliphatic heterocycles. The summed E-state index contributed by atoms with van der Waals surface area (Å²) in [6, 6.07) is 3.39. The smallest absolute Gasteiger partial charge is 0.271 e. The average molecular weight is 197 g/mol. The lowest BCUT2D eigenvalue weighted by Crippen LogP contribution is -2.16. The fourth-order valence-electron chi connectivity index (χ4n) is 1.11. The third kappa shape index (κ3) is 1.98. The van der Waals surface area contributed by atoms with E-state index >= 15 is 0 Å². The number of nitrogen functional groups attached to an aromatic ring is 1. The van der Waals surface area contributed by atoms with E-state index in [2.05, 4.69) is 0 Å². The van der Waals surface area contributed by atoms with Crippen LogP contribution in [0.3, 0.4) is 0 Å². The predicted octanol–water partition coefficient (Wildman–Crippen LogP) is 0.169. The molecule has 0 spiro atoms. The summed E-state index contributed by atoms with van der Waals surface area (Å²) in [5.74, 6) is 0. The van der Waals surface area contributed by atoms with Gasteiger partial charge in [0.2, 0.25) is 0 Å². The fourth-order valence-corrected chi connectivity index (χ4v) is 1.11. The molecule has 76 valence electrons. The van der Waals surface area contributed by atoms with E-state index in [4.69, 9.17) is 16.6 Å². The van der Waals surface area contributed by atoms with Crippen LogP contribution >= 0.6 is 0 Å². The van der Waals surface area contributed by atoms with Gasteiger partial charge in [0.25, 0.3) is 5.69 Å². The Bertz CT molecular complexity index is 354. The maximum Gasteiger partial charge on any atom is 0.271 e. The summed E-state index contributed by atoms with van der Waals surface area (Å²) in [6.45, 7) is -0.248. The molecular weight excluding hydrogens is 186 g/mol. The molecule has 1 aromatic carbocycles. The van der Waals surface area contributed by atoms with Crippen LogP contribution < -0.4 is 11.5 Å². The second-order valence-corrected chi connectivity index (χ2v) is 2.86. The molecule has 0 aliphatic carbocycles. The van der Waals surface area contributed by atoms with E-state index < -0.39 is 11.0 Å². The molecule has 0 heterocycles. The van der Waals surface area contributed by atoms with Crippen molar-refractivity contribution in [2.75, 3.05) is 12.3 Å². The van der Waals surface area contributed by atoms with Gasteiger partial charge in [0.15, 0.2) is 0 Å². The summed E-state index contributed by atoms with van der Waals surface area (Å²) < 4.78 is 0. The first-order chi connectivity index (χ1) is 6.56. The number of nitrogens with two attached hydrogens (primary N) is 2. The third-order valence-electron chi connectivity index (χ3n) is 1.88. The number of hydrogen-bond acceptors (Lipinski definition) is 5. The Kier molecular flexibility index (Phi) is 3.00. The lowest BCUT2D eigenvalue weighted by Gasteiger charge is -2.10. The van der Waals surface area contributed by atoms with Crippen molar-refractivity contribution in [1.29, 1.82) is 0 Å². The van der Waals surface area contributed by atoms with Crippen molar-refractivity contribution in [3.8, 4) is 0 Å². The van der Waals surface area contributed by atoms with Crippen molar-refractivity contribution >= 4 is 11.4 Å². The van der Waals surface area contributed by atoms with E-state index in [0.29, 0.717) is 5.56 Å². The molecule has 1 rings (SSSR count). The lowest BCUT2D eigenvalue weighted by molar-refractivity contribution is -0.384. The Morgan fingerprint density at radius 2 is 2.21 bits per heavy atom. The number of nitro benzene ring substituents is 1. The van der Waals surface area contributed by atoms with Gasteiger partial charge in [0, 0.05) is 17.8 Å². The molecule has 0 aliphatic rings. The second-order valence-electron chi connectivity index (χ2n) is 2.86. The Balaban J connectivity index is 3.07. The number of anilines is 1. The highest BCUT2D eigenvalue weighted by Gasteiger charge is 2.12. The van der Waals surface area contributed by atoms with Crippen molar-refractivity contribution in [2.24, 2.45) is 5.73 Å². The van der Waals surface area contributed by atoms with Crippen molar-refractivity contribution < 1.29 is 10.0 Å². The minimum Gasteiger partial charge on any atom is -0.398 e. The molecule has 0 bridgehead atoms. The molecule has 5 N–H and O–H groups in total. The van der Waals surface area contributed by atoms with E-state index in [1.165, 1.54) is 18.2 Å². The van der Waals surface area contributed by atoms with Crippen LogP contribution in [0.5, 0.6) is 0 Å². The molecule has 6 nitrogen and oxygen atoms in total. The highest BCUT2D eigenvalue weighted by Crippen LogP contribution is 2.23.